The Labute approximate surface area is 169 Å². The first kappa shape index (κ1) is 19.0. The van der Waals surface area contributed by atoms with Gasteiger partial charge in [0.05, 0.1) is 24.0 Å². The molecule has 0 unspecified atom stereocenters. The smallest absolute Gasteiger partial charge is 0.256 e. The number of amides is 2. The number of fused-ring (bicyclic) bond motifs is 2. The highest BCUT2D eigenvalue weighted by Gasteiger charge is 2.45. The first-order chi connectivity index (χ1) is 14.1. The second-order valence-electron chi connectivity index (χ2n) is 7.11. The lowest BCUT2D eigenvalue weighted by Gasteiger charge is -2.24. The maximum Gasteiger partial charge on any atom is 0.256 e. The lowest BCUT2D eigenvalue weighted by atomic mass is 10.1. The Hall–Kier alpha value is -3.38. The quantitative estimate of drug-likeness (QED) is 0.607. The molecule has 2 aromatic carbocycles. The van der Waals surface area contributed by atoms with Crippen molar-refractivity contribution in [2.75, 3.05) is 18.5 Å². The number of phenolic OH excluding ortho intramolecular Hbond substituents is 1. The van der Waals surface area contributed by atoms with E-state index < -0.39 is 6.04 Å². The molecule has 148 valence electrons. The zero-order chi connectivity index (χ0) is 20.4. The van der Waals surface area contributed by atoms with Gasteiger partial charge in [0.1, 0.15) is 11.8 Å². The van der Waals surface area contributed by atoms with E-state index >= 15 is 0 Å². The molecule has 0 radical (unpaired) electrons. The summed E-state index contributed by atoms with van der Waals surface area (Å²) in [4.78, 5) is 27.5. The summed E-state index contributed by atoms with van der Waals surface area (Å²) < 4.78 is 5.71. The Morgan fingerprint density at radius 3 is 2.62 bits per heavy atom. The highest BCUT2D eigenvalue weighted by molar-refractivity contribution is 6.10. The van der Waals surface area contributed by atoms with Gasteiger partial charge >= 0.3 is 0 Å². The van der Waals surface area contributed by atoms with Gasteiger partial charge in [-0.05, 0) is 41.8 Å². The fourth-order valence-electron chi connectivity index (χ4n) is 3.76. The Balaban J connectivity index is 1.60. The minimum absolute atomic E-state index is 0.173. The highest BCUT2D eigenvalue weighted by Crippen LogP contribution is 2.31. The van der Waals surface area contributed by atoms with Crippen LogP contribution in [-0.2, 0) is 9.53 Å². The summed E-state index contributed by atoms with van der Waals surface area (Å²) in [7, 11) is 0. The molecule has 4 rings (SSSR count). The lowest BCUT2D eigenvalue weighted by molar-refractivity contribution is -0.122. The van der Waals surface area contributed by atoms with Crippen LogP contribution in [0.3, 0.4) is 0 Å². The molecule has 2 aromatic rings. The molecule has 1 saturated heterocycles. The van der Waals surface area contributed by atoms with E-state index in [1.807, 2.05) is 18.2 Å². The van der Waals surface area contributed by atoms with E-state index in [9.17, 15) is 14.7 Å². The van der Waals surface area contributed by atoms with Crippen LogP contribution in [0.2, 0.25) is 0 Å². The zero-order valence-corrected chi connectivity index (χ0v) is 15.9. The topological polar surface area (TPSA) is 78.9 Å². The van der Waals surface area contributed by atoms with E-state index in [1.54, 1.807) is 47.4 Å². The van der Waals surface area contributed by atoms with Gasteiger partial charge in [-0.25, -0.2) is 0 Å². The summed E-state index contributed by atoms with van der Waals surface area (Å²) in [6.07, 6.45) is 5.72. The van der Waals surface area contributed by atoms with Crippen LogP contribution in [0.15, 0.2) is 55.1 Å². The molecular formula is C23H22N2O4. The van der Waals surface area contributed by atoms with Gasteiger partial charge in [0.25, 0.3) is 5.91 Å². The Morgan fingerprint density at radius 1 is 1.14 bits per heavy atom. The molecule has 29 heavy (non-hydrogen) atoms. The minimum Gasteiger partial charge on any atom is -0.508 e. The third-order valence-electron chi connectivity index (χ3n) is 5.19. The predicted octanol–water partition coefficient (Wildman–Crippen LogP) is 3.30. The molecule has 6 heteroatoms. The Kier molecular flexibility index (Phi) is 5.18. The number of phenols is 1. The number of benzene rings is 2. The summed E-state index contributed by atoms with van der Waals surface area (Å²) in [5, 5.41) is 12.3. The number of carbonyl (C=O) groups excluding carboxylic acids is 2. The lowest BCUT2D eigenvalue weighted by Crippen LogP contribution is -2.46. The highest BCUT2D eigenvalue weighted by atomic mass is 16.5. The second kappa shape index (κ2) is 7.93. The molecule has 0 saturated carbocycles. The van der Waals surface area contributed by atoms with E-state index in [1.165, 1.54) is 0 Å². The number of ether oxygens (including phenoxy) is 1. The van der Waals surface area contributed by atoms with Gasteiger partial charge in [-0.15, -0.1) is 6.58 Å². The maximum absolute atomic E-state index is 13.2. The molecule has 0 bridgehead atoms. The number of hydrogen-bond donors (Lipinski definition) is 2. The molecule has 6 nitrogen and oxygen atoms in total. The average Bonchev–Trinajstić information content (AvgIpc) is 3.12. The van der Waals surface area contributed by atoms with Gasteiger partial charge in [0.2, 0.25) is 5.91 Å². The summed E-state index contributed by atoms with van der Waals surface area (Å²) in [6, 6.07) is 11.6. The summed E-state index contributed by atoms with van der Waals surface area (Å²) in [5.41, 5.74) is 2.76. The fraction of sp³-hybridized carbons (Fsp3) is 0.217. The minimum atomic E-state index is -0.633. The number of anilines is 1. The van der Waals surface area contributed by atoms with Crippen LogP contribution in [0.5, 0.6) is 5.75 Å². The molecule has 2 atom stereocenters. The molecular weight excluding hydrogens is 368 g/mol. The van der Waals surface area contributed by atoms with Crippen LogP contribution in [-0.4, -0.2) is 47.1 Å². The van der Waals surface area contributed by atoms with Crippen molar-refractivity contribution >= 4 is 29.7 Å². The van der Waals surface area contributed by atoms with Crippen LogP contribution in [0, 0.1) is 0 Å². The molecule has 2 aliphatic heterocycles. The van der Waals surface area contributed by atoms with Crippen molar-refractivity contribution in [1.82, 2.24) is 4.90 Å². The summed E-state index contributed by atoms with van der Waals surface area (Å²) >= 11 is 0. The van der Waals surface area contributed by atoms with E-state index in [0.29, 0.717) is 30.8 Å². The third-order valence-corrected chi connectivity index (χ3v) is 5.19. The van der Waals surface area contributed by atoms with Crippen LogP contribution in [0.4, 0.5) is 5.69 Å². The Morgan fingerprint density at radius 2 is 1.86 bits per heavy atom. The van der Waals surface area contributed by atoms with Gasteiger partial charge in [-0.3, -0.25) is 9.59 Å². The molecule has 0 aliphatic carbocycles. The van der Waals surface area contributed by atoms with Crippen molar-refractivity contribution in [1.29, 1.82) is 0 Å². The van der Waals surface area contributed by atoms with E-state index in [0.717, 1.165) is 11.1 Å². The van der Waals surface area contributed by atoms with Crippen LogP contribution >= 0.6 is 0 Å². The van der Waals surface area contributed by atoms with Crippen molar-refractivity contribution in [2.45, 2.75) is 18.6 Å². The summed E-state index contributed by atoms with van der Waals surface area (Å²) in [5.74, 6) is -0.187. The van der Waals surface area contributed by atoms with Crippen LogP contribution < -0.4 is 5.32 Å². The maximum atomic E-state index is 13.2. The van der Waals surface area contributed by atoms with Crippen LogP contribution in [0.1, 0.15) is 27.9 Å². The first-order valence-electron chi connectivity index (χ1n) is 9.52. The predicted molar refractivity (Wildman–Crippen MR) is 111 cm³/mol. The largest absolute Gasteiger partial charge is 0.508 e. The van der Waals surface area contributed by atoms with Gasteiger partial charge in [0.15, 0.2) is 0 Å². The molecule has 2 amide bonds. The second-order valence-corrected chi connectivity index (χ2v) is 7.11. The average molecular weight is 390 g/mol. The number of aromatic hydroxyl groups is 1. The SMILES string of the molecule is C=CCO[C@@H]1CCN2C(=O)c3cc(/C=C/c4ccc(O)cc4)ccc3NC(=O)[C@H]12. The molecule has 1 fully saturated rings. The fourth-order valence-corrected chi connectivity index (χ4v) is 3.76. The van der Waals surface area contributed by atoms with Crippen molar-refractivity contribution in [2.24, 2.45) is 0 Å². The molecule has 0 spiro atoms. The first-order valence-corrected chi connectivity index (χ1v) is 9.52. The van der Waals surface area contributed by atoms with E-state index in [-0.39, 0.29) is 23.7 Å². The zero-order valence-electron chi connectivity index (χ0n) is 15.9. The third kappa shape index (κ3) is 3.79. The van der Waals surface area contributed by atoms with Gasteiger partial charge in [0, 0.05) is 6.54 Å². The molecule has 2 N–H and O–H groups in total. The number of hydrogen-bond acceptors (Lipinski definition) is 4. The van der Waals surface area contributed by atoms with Gasteiger partial charge in [-0.2, -0.15) is 0 Å². The number of nitrogens with zero attached hydrogens (tertiary/aromatic N) is 1. The van der Waals surface area contributed by atoms with Crippen molar-refractivity contribution < 1.29 is 19.4 Å². The van der Waals surface area contributed by atoms with Gasteiger partial charge < -0.3 is 20.1 Å². The normalized spacial score (nSPS) is 20.9. The number of nitrogens with one attached hydrogen (secondary N) is 1. The standard InChI is InChI=1S/C23H22N2O4/c1-2-13-29-20-11-12-25-21(20)22(27)24-19-10-7-16(14-18(19)23(25)28)4-3-15-5-8-17(26)9-6-15/h2-10,14,20-21,26H,1,11-13H2,(H,24,27)/b4-3+/t20-,21+/m1/s1. The Bertz CT molecular complexity index is 981. The van der Waals surface area contributed by atoms with Crippen molar-refractivity contribution in [3.8, 4) is 5.75 Å². The molecule has 2 aliphatic rings. The number of carbonyl (C=O) groups is 2. The van der Waals surface area contributed by atoms with Crippen LogP contribution in [0.25, 0.3) is 12.2 Å². The number of rotatable bonds is 5. The van der Waals surface area contributed by atoms with Crippen molar-refractivity contribution in [3.05, 3.63) is 71.8 Å². The van der Waals surface area contributed by atoms with E-state index in [2.05, 4.69) is 11.9 Å². The van der Waals surface area contributed by atoms with Crippen molar-refractivity contribution in [3.63, 3.8) is 0 Å². The van der Waals surface area contributed by atoms with E-state index in [4.69, 9.17) is 4.74 Å². The summed E-state index contributed by atoms with van der Waals surface area (Å²) in [6.45, 7) is 4.46. The molecule has 0 aromatic heterocycles. The molecule has 2 heterocycles. The van der Waals surface area contributed by atoms with Gasteiger partial charge in [-0.1, -0.05) is 36.4 Å². The monoisotopic (exact) mass is 390 g/mol.